The van der Waals surface area contributed by atoms with Gasteiger partial charge in [0.05, 0.1) is 16.7 Å². The summed E-state index contributed by atoms with van der Waals surface area (Å²) in [5, 5.41) is 4.02. The fourth-order valence-corrected chi connectivity index (χ4v) is 4.50. The van der Waals surface area contributed by atoms with Crippen molar-refractivity contribution in [2.24, 2.45) is 0 Å². The number of nitrogens with one attached hydrogen (secondary N) is 1. The van der Waals surface area contributed by atoms with Gasteiger partial charge in [0.1, 0.15) is 0 Å². The van der Waals surface area contributed by atoms with Crippen LogP contribution in [-0.4, -0.2) is 45.1 Å². The van der Waals surface area contributed by atoms with Crippen LogP contribution in [0.4, 0.5) is 5.69 Å². The first kappa shape index (κ1) is 22.1. The van der Waals surface area contributed by atoms with E-state index in [4.69, 9.17) is 0 Å². The van der Waals surface area contributed by atoms with Gasteiger partial charge in [-0.15, -0.1) is 0 Å². The van der Waals surface area contributed by atoms with Gasteiger partial charge in [-0.05, 0) is 57.0 Å². The van der Waals surface area contributed by atoms with Crippen LogP contribution in [0.15, 0.2) is 58.5 Å². The second kappa shape index (κ2) is 9.56. The lowest BCUT2D eigenvalue weighted by Gasteiger charge is -2.19. The van der Waals surface area contributed by atoms with Gasteiger partial charge in [-0.25, -0.2) is 4.98 Å². The van der Waals surface area contributed by atoms with Crippen molar-refractivity contribution in [2.45, 2.75) is 37.9 Å². The Labute approximate surface area is 190 Å². The molecule has 0 unspecified atom stereocenters. The van der Waals surface area contributed by atoms with Crippen molar-refractivity contribution in [3.8, 4) is 0 Å². The van der Waals surface area contributed by atoms with Gasteiger partial charge in [0, 0.05) is 30.4 Å². The van der Waals surface area contributed by atoms with E-state index in [9.17, 15) is 14.4 Å². The largest absolute Gasteiger partial charge is 0.339 e. The number of rotatable bonds is 8. The zero-order valence-corrected chi connectivity index (χ0v) is 19.0. The number of hydrogen-bond donors (Lipinski definition) is 1. The first-order valence-corrected chi connectivity index (χ1v) is 11.8. The molecule has 2 amide bonds. The Bertz CT molecular complexity index is 1220. The molecule has 0 saturated heterocycles. The van der Waals surface area contributed by atoms with Crippen molar-refractivity contribution in [2.75, 3.05) is 24.2 Å². The standard InChI is InChI=1S/C24H26N4O3S/c1-3-27(4-2)22(30)16-8-7-9-17(14-16)25-21(29)15-32-24-26-20-11-6-5-10-19(20)23(31)28(24)18-12-13-18/h5-11,14,18H,3-4,12-13,15H2,1-2H3,(H,25,29). The molecule has 166 valence electrons. The summed E-state index contributed by atoms with van der Waals surface area (Å²) in [6, 6.07) is 14.4. The molecule has 1 aliphatic carbocycles. The minimum Gasteiger partial charge on any atom is -0.339 e. The number of carbonyl (C=O) groups is 2. The van der Waals surface area contributed by atoms with Crippen LogP contribution >= 0.6 is 11.8 Å². The Hall–Kier alpha value is -3.13. The zero-order chi connectivity index (χ0) is 22.7. The van der Waals surface area contributed by atoms with E-state index in [0.29, 0.717) is 40.4 Å². The number of thioether (sulfide) groups is 1. The number of nitrogens with zero attached hydrogens (tertiary/aromatic N) is 3. The first-order valence-electron chi connectivity index (χ1n) is 10.8. The summed E-state index contributed by atoms with van der Waals surface area (Å²) in [7, 11) is 0. The van der Waals surface area contributed by atoms with Crippen LogP contribution in [0.1, 0.15) is 43.1 Å². The molecule has 7 nitrogen and oxygen atoms in total. The van der Waals surface area contributed by atoms with Gasteiger partial charge >= 0.3 is 0 Å². The summed E-state index contributed by atoms with van der Waals surface area (Å²) in [5.41, 5.74) is 1.70. The van der Waals surface area contributed by atoms with Crippen molar-refractivity contribution in [1.29, 1.82) is 0 Å². The second-order valence-corrected chi connectivity index (χ2v) is 8.66. The van der Waals surface area contributed by atoms with Gasteiger partial charge in [0.2, 0.25) is 5.91 Å². The molecule has 1 saturated carbocycles. The van der Waals surface area contributed by atoms with Crippen molar-refractivity contribution < 1.29 is 9.59 Å². The lowest BCUT2D eigenvalue weighted by atomic mass is 10.1. The van der Waals surface area contributed by atoms with E-state index in [1.54, 1.807) is 39.8 Å². The van der Waals surface area contributed by atoms with Crippen LogP contribution in [0.5, 0.6) is 0 Å². The summed E-state index contributed by atoms with van der Waals surface area (Å²) in [4.78, 5) is 44.5. The number of anilines is 1. The van der Waals surface area contributed by atoms with Crippen molar-refractivity contribution >= 4 is 40.2 Å². The minimum absolute atomic E-state index is 0.0522. The molecule has 1 fully saturated rings. The number of aromatic nitrogens is 2. The third-order valence-electron chi connectivity index (χ3n) is 5.46. The third-order valence-corrected chi connectivity index (χ3v) is 6.42. The smallest absolute Gasteiger partial charge is 0.262 e. The van der Waals surface area contributed by atoms with E-state index in [0.717, 1.165) is 12.8 Å². The van der Waals surface area contributed by atoms with Crippen LogP contribution in [0.3, 0.4) is 0 Å². The normalized spacial score (nSPS) is 13.2. The van der Waals surface area contributed by atoms with Crippen LogP contribution < -0.4 is 10.9 Å². The number of benzene rings is 2. The number of amides is 2. The number of hydrogen-bond acceptors (Lipinski definition) is 5. The lowest BCUT2D eigenvalue weighted by molar-refractivity contribution is -0.113. The van der Waals surface area contributed by atoms with E-state index in [1.807, 2.05) is 32.0 Å². The summed E-state index contributed by atoms with van der Waals surface area (Å²) < 4.78 is 1.73. The molecule has 1 N–H and O–H groups in total. The highest BCUT2D eigenvalue weighted by atomic mass is 32.2. The molecule has 8 heteroatoms. The molecule has 4 rings (SSSR count). The Morgan fingerprint density at radius 2 is 1.88 bits per heavy atom. The monoisotopic (exact) mass is 450 g/mol. The van der Waals surface area contributed by atoms with E-state index in [-0.39, 0.29) is 29.2 Å². The fraction of sp³-hybridized carbons (Fsp3) is 0.333. The molecule has 0 bridgehead atoms. The topological polar surface area (TPSA) is 84.3 Å². The van der Waals surface area contributed by atoms with E-state index in [2.05, 4.69) is 10.3 Å². The summed E-state index contributed by atoms with van der Waals surface area (Å²) in [5.74, 6) is -0.160. The predicted octanol–water partition coefficient (Wildman–Crippen LogP) is 3.94. The van der Waals surface area contributed by atoms with E-state index in [1.165, 1.54) is 11.8 Å². The first-order chi connectivity index (χ1) is 15.5. The van der Waals surface area contributed by atoms with Crippen molar-refractivity contribution in [3.63, 3.8) is 0 Å². The number of fused-ring (bicyclic) bond motifs is 1. The summed E-state index contributed by atoms with van der Waals surface area (Å²) >= 11 is 1.26. The van der Waals surface area contributed by atoms with Gasteiger partial charge in [-0.3, -0.25) is 19.0 Å². The van der Waals surface area contributed by atoms with Gasteiger partial charge in [-0.1, -0.05) is 30.0 Å². The third kappa shape index (κ3) is 4.70. The Morgan fingerprint density at radius 1 is 1.12 bits per heavy atom. The van der Waals surface area contributed by atoms with Crippen LogP contribution in [0, 0.1) is 0 Å². The Balaban J connectivity index is 1.48. The SMILES string of the molecule is CCN(CC)C(=O)c1cccc(NC(=O)CSc2nc3ccccc3c(=O)n2C2CC2)c1. The van der Waals surface area contributed by atoms with Gasteiger partial charge in [-0.2, -0.15) is 0 Å². The molecule has 1 aromatic heterocycles. The summed E-state index contributed by atoms with van der Waals surface area (Å²) in [6.45, 7) is 5.13. The Kier molecular flexibility index (Phi) is 6.60. The molecule has 0 spiro atoms. The van der Waals surface area contributed by atoms with Crippen molar-refractivity contribution in [3.05, 3.63) is 64.4 Å². The summed E-state index contributed by atoms with van der Waals surface area (Å²) in [6.07, 6.45) is 1.90. The minimum atomic E-state index is -0.216. The fourth-order valence-electron chi connectivity index (χ4n) is 3.63. The van der Waals surface area contributed by atoms with Gasteiger partial charge in [0.25, 0.3) is 11.5 Å². The van der Waals surface area contributed by atoms with E-state index >= 15 is 0 Å². The number of para-hydroxylation sites is 1. The number of carbonyl (C=O) groups excluding carboxylic acids is 2. The molecule has 3 aromatic rings. The molecule has 2 aromatic carbocycles. The molecule has 0 atom stereocenters. The van der Waals surface area contributed by atoms with E-state index < -0.39 is 0 Å². The van der Waals surface area contributed by atoms with Crippen LogP contribution in [0.25, 0.3) is 10.9 Å². The molecule has 32 heavy (non-hydrogen) atoms. The maximum Gasteiger partial charge on any atom is 0.262 e. The molecular formula is C24H26N4O3S. The van der Waals surface area contributed by atoms with Crippen LogP contribution in [-0.2, 0) is 4.79 Å². The lowest BCUT2D eigenvalue weighted by Crippen LogP contribution is -2.30. The predicted molar refractivity (Wildman–Crippen MR) is 127 cm³/mol. The second-order valence-electron chi connectivity index (χ2n) is 7.71. The average molecular weight is 451 g/mol. The maximum absolute atomic E-state index is 12.9. The molecule has 1 aliphatic rings. The van der Waals surface area contributed by atoms with Crippen molar-refractivity contribution in [1.82, 2.24) is 14.5 Å². The van der Waals surface area contributed by atoms with Crippen LogP contribution in [0.2, 0.25) is 0 Å². The zero-order valence-electron chi connectivity index (χ0n) is 18.2. The molecule has 0 radical (unpaired) electrons. The maximum atomic E-state index is 12.9. The van der Waals surface area contributed by atoms with Gasteiger partial charge < -0.3 is 10.2 Å². The molecular weight excluding hydrogens is 424 g/mol. The quantitative estimate of drug-likeness (QED) is 0.415. The highest BCUT2D eigenvalue weighted by Gasteiger charge is 2.28. The Morgan fingerprint density at radius 3 is 2.59 bits per heavy atom. The van der Waals surface area contributed by atoms with Gasteiger partial charge in [0.15, 0.2) is 5.16 Å². The molecule has 1 heterocycles. The average Bonchev–Trinajstić information content (AvgIpc) is 3.64. The molecule has 0 aliphatic heterocycles. The highest BCUT2D eigenvalue weighted by molar-refractivity contribution is 7.99. The highest BCUT2D eigenvalue weighted by Crippen LogP contribution is 2.36.